The van der Waals surface area contributed by atoms with E-state index < -0.39 is 10.0 Å². The smallest absolute Gasteiger partial charge is 0.243 e. The Balaban J connectivity index is 1.15. The topological polar surface area (TPSA) is 87.8 Å². The van der Waals surface area contributed by atoms with Crippen LogP contribution in [-0.2, 0) is 16.6 Å². The van der Waals surface area contributed by atoms with E-state index in [2.05, 4.69) is 14.9 Å². The van der Waals surface area contributed by atoms with Gasteiger partial charge in [0, 0.05) is 38.3 Å². The first-order chi connectivity index (χ1) is 16.6. The van der Waals surface area contributed by atoms with Gasteiger partial charge in [-0.2, -0.15) is 4.31 Å². The summed E-state index contributed by atoms with van der Waals surface area (Å²) in [6.07, 6.45) is 0. The van der Waals surface area contributed by atoms with Gasteiger partial charge in [0.05, 0.1) is 15.9 Å². The molecule has 0 bridgehead atoms. The van der Waals surface area contributed by atoms with Gasteiger partial charge in [0.1, 0.15) is 5.82 Å². The van der Waals surface area contributed by atoms with Crippen LogP contribution >= 0.6 is 0 Å². The van der Waals surface area contributed by atoms with Crippen LogP contribution in [0.15, 0.2) is 71.6 Å². The molecular weight excluding hydrogens is 452 g/mol. The van der Waals surface area contributed by atoms with Gasteiger partial charge in [-0.05, 0) is 35.9 Å². The summed E-state index contributed by atoms with van der Waals surface area (Å²) in [5, 5.41) is 0. The third kappa shape index (κ3) is 3.91. The van der Waals surface area contributed by atoms with E-state index >= 15 is 0 Å². The summed E-state index contributed by atoms with van der Waals surface area (Å²) in [5.41, 5.74) is 3.54. The third-order valence-electron chi connectivity index (χ3n) is 6.31. The summed E-state index contributed by atoms with van der Waals surface area (Å²) in [7, 11) is -3.59. The second kappa shape index (κ2) is 8.43. The molecule has 4 aromatic rings. The molecule has 0 amide bonds. The Morgan fingerprint density at radius 3 is 2.50 bits per heavy atom. The normalized spacial score (nSPS) is 16.8. The Hall–Kier alpha value is -3.40. The van der Waals surface area contributed by atoms with Crippen LogP contribution in [0.25, 0.3) is 22.4 Å². The van der Waals surface area contributed by atoms with Gasteiger partial charge in [-0.3, -0.25) is 4.90 Å². The van der Waals surface area contributed by atoms with Crippen LogP contribution in [0.1, 0.15) is 5.56 Å². The first-order valence-electron chi connectivity index (χ1n) is 11.2. The molecule has 0 spiro atoms. The van der Waals surface area contributed by atoms with Gasteiger partial charge in [0.25, 0.3) is 0 Å². The highest BCUT2D eigenvalue weighted by Crippen LogP contribution is 2.33. The number of aromatic nitrogens is 2. The predicted octanol–water partition coefficient (Wildman–Crippen LogP) is 3.47. The average Bonchev–Trinajstić information content (AvgIpc) is 3.51. The molecule has 0 saturated carbocycles. The van der Waals surface area contributed by atoms with Crippen LogP contribution in [0.2, 0.25) is 0 Å². The number of hydrogen-bond donors (Lipinski definition) is 1. The second-order valence-corrected chi connectivity index (χ2v) is 10.4. The number of aromatic amines is 1. The minimum Gasteiger partial charge on any atom is -0.454 e. The largest absolute Gasteiger partial charge is 0.454 e. The van der Waals surface area contributed by atoms with Crippen LogP contribution in [-0.4, -0.2) is 60.6 Å². The summed E-state index contributed by atoms with van der Waals surface area (Å²) in [5.74, 6) is 2.26. The van der Waals surface area contributed by atoms with Crippen LogP contribution in [0.5, 0.6) is 11.5 Å². The highest BCUT2D eigenvalue weighted by Gasteiger charge is 2.29. The Morgan fingerprint density at radius 2 is 1.68 bits per heavy atom. The number of nitrogens with one attached hydrogen (secondary N) is 1. The van der Waals surface area contributed by atoms with Crippen molar-refractivity contribution >= 4 is 21.1 Å². The number of piperazine rings is 1. The Morgan fingerprint density at radius 1 is 0.882 bits per heavy atom. The van der Waals surface area contributed by atoms with Crippen LogP contribution in [0.3, 0.4) is 0 Å². The number of ether oxygens (including phenoxy) is 2. The van der Waals surface area contributed by atoms with E-state index in [4.69, 9.17) is 9.47 Å². The molecule has 0 radical (unpaired) electrons. The van der Waals surface area contributed by atoms with Gasteiger partial charge in [0.2, 0.25) is 16.8 Å². The molecule has 6 rings (SSSR count). The average molecular weight is 477 g/mol. The number of nitrogens with zero attached hydrogens (tertiary/aromatic N) is 3. The number of benzene rings is 3. The Labute approximate surface area is 197 Å². The van der Waals surface area contributed by atoms with E-state index in [1.54, 1.807) is 22.5 Å². The van der Waals surface area contributed by atoms with Gasteiger partial charge in [-0.25, -0.2) is 13.4 Å². The fraction of sp³-hybridized carbons (Fsp3) is 0.240. The molecule has 0 unspecified atom stereocenters. The molecule has 1 N–H and O–H groups in total. The summed E-state index contributed by atoms with van der Waals surface area (Å²) in [6, 6.07) is 20.8. The molecule has 2 aliphatic rings. The van der Waals surface area contributed by atoms with E-state index in [-0.39, 0.29) is 11.7 Å². The van der Waals surface area contributed by atoms with E-state index in [1.807, 2.05) is 48.5 Å². The summed E-state index contributed by atoms with van der Waals surface area (Å²) < 4.78 is 39.1. The number of H-pyrrole nitrogens is 1. The van der Waals surface area contributed by atoms with Crippen molar-refractivity contribution in [2.75, 3.05) is 33.0 Å². The zero-order chi connectivity index (χ0) is 23.1. The van der Waals surface area contributed by atoms with E-state index in [1.165, 1.54) is 0 Å². The Bertz CT molecular complexity index is 1440. The van der Waals surface area contributed by atoms with Gasteiger partial charge in [-0.15, -0.1) is 0 Å². The maximum absolute atomic E-state index is 13.3. The van der Waals surface area contributed by atoms with Gasteiger partial charge in [0.15, 0.2) is 11.5 Å². The first kappa shape index (κ1) is 21.2. The van der Waals surface area contributed by atoms with E-state index in [0.717, 1.165) is 40.5 Å². The standard InChI is InChI=1S/C25H24N4O4S/c30-34(31,20-7-8-21-22(15-20)27-25(26-21)19-4-2-1-3-5-19)29-12-10-28(11-13-29)16-18-6-9-23-24(14-18)33-17-32-23/h1-9,14-15H,10-13,16-17H2,(H,26,27). The molecule has 3 heterocycles. The molecule has 8 nitrogen and oxygen atoms in total. The van der Waals surface area contributed by atoms with Gasteiger partial charge in [-0.1, -0.05) is 36.4 Å². The predicted molar refractivity (Wildman–Crippen MR) is 128 cm³/mol. The Kier molecular flexibility index (Phi) is 5.24. The number of imidazole rings is 1. The molecule has 34 heavy (non-hydrogen) atoms. The summed E-state index contributed by atoms with van der Waals surface area (Å²) in [4.78, 5) is 10.4. The summed E-state index contributed by atoms with van der Waals surface area (Å²) in [6.45, 7) is 3.22. The third-order valence-corrected chi connectivity index (χ3v) is 8.21. The first-order valence-corrected chi connectivity index (χ1v) is 12.7. The van der Waals surface area contributed by atoms with E-state index in [0.29, 0.717) is 31.7 Å². The van der Waals surface area contributed by atoms with Crippen molar-refractivity contribution in [2.24, 2.45) is 0 Å². The number of hydrogen-bond acceptors (Lipinski definition) is 6. The number of rotatable bonds is 5. The summed E-state index contributed by atoms with van der Waals surface area (Å²) >= 11 is 0. The quantitative estimate of drug-likeness (QED) is 0.475. The van der Waals surface area contributed by atoms with Crippen molar-refractivity contribution in [1.82, 2.24) is 19.2 Å². The zero-order valence-electron chi connectivity index (χ0n) is 18.5. The molecule has 174 valence electrons. The van der Waals surface area contributed by atoms with Crippen molar-refractivity contribution in [2.45, 2.75) is 11.4 Å². The second-order valence-electron chi connectivity index (χ2n) is 8.50. The lowest BCUT2D eigenvalue weighted by Gasteiger charge is -2.34. The molecule has 3 aromatic carbocycles. The lowest BCUT2D eigenvalue weighted by molar-refractivity contribution is 0.173. The van der Waals surface area contributed by atoms with Crippen molar-refractivity contribution in [3.05, 3.63) is 72.3 Å². The SMILES string of the molecule is O=S(=O)(c1ccc2nc(-c3ccccc3)[nH]c2c1)N1CCN(Cc2ccc3c(c2)OCO3)CC1. The van der Waals surface area contributed by atoms with Crippen molar-refractivity contribution in [3.63, 3.8) is 0 Å². The minimum absolute atomic E-state index is 0.257. The zero-order valence-corrected chi connectivity index (χ0v) is 19.3. The van der Waals surface area contributed by atoms with E-state index in [9.17, 15) is 8.42 Å². The molecule has 1 fully saturated rings. The van der Waals surface area contributed by atoms with Crippen LogP contribution in [0, 0.1) is 0 Å². The molecule has 9 heteroatoms. The molecular formula is C25H24N4O4S. The molecule has 0 aliphatic carbocycles. The number of sulfonamides is 1. The van der Waals surface area contributed by atoms with Crippen molar-refractivity contribution in [3.8, 4) is 22.9 Å². The molecule has 1 saturated heterocycles. The van der Waals surface area contributed by atoms with Crippen LogP contribution < -0.4 is 9.47 Å². The maximum atomic E-state index is 13.3. The number of fused-ring (bicyclic) bond motifs is 2. The molecule has 1 aromatic heterocycles. The minimum atomic E-state index is -3.59. The fourth-order valence-corrected chi connectivity index (χ4v) is 5.91. The highest BCUT2D eigenvalue weighted by molar-refractivity contribution is 7.89. The lowest BCUT2D eigenvalue weighted by Crippen LogP contribution is -2.48. The van der Waals surface area contributed by atoms with Crippen molar-refractivity contribution < 1.29 is 17.9 Å². The lowest BCUT2D eigenvalue weighted by atomic mass is 10.2. The molecule has 2 aliphatic heterocycles. The molecule has 0 atom stereocenters. The maximum Gasteiger partial charge on any atom is 0.243 e. The van der Waals surface area contributed by atoms with Crippen LogP contribution in [0.4, 0.5) is 0 Å². The van der Waals surface area contributed by atoms with Gasteiger partial charge < -0.3 is 14.5 Å². The highest BCUT2D eigenvalue weighted by atomic mass is 32.2. The fourth-order valence-electron chi connectivity index (χ4n) is 4.46. The van der Waals surface area contributed by atoms with Gasteiger partial charge >= 0.3 is 0 Å². The monoisotopic (exact) mass is 476 g/mol. The van der Waals surface area contributed by atoms with Crippen molar-refractivity contribution in [1.29, 1.82) is 0 Å².